The van der Waals surface area contributed by atoms with Crippen molar-refractivity contribution < 1.29 is 9.18 Å². The number of carbonyl (C=O) groups excluding carboxylic acids is 1. The number of anilines is 1. The summed E-state index contributed by atoms with van der Waals surface area (Å²) in [6, 6.07) is 5.36. The van der Waals surface area contributed by atoms with Crippen molar-refractivity contribution in [2.24, 2.45) is 0 Å². The Balaban J connectivity index is 2.20. The van der Waals surface area contributed by atoms with Gasteiger partial charge in [-0.3, -0.25) is 4.79 Å². The number of aromatic nitrogens is 2. The Morgan fingerprint density at radius 2 is 2.16 bits per heavy atom. The van der Waals surface area contributed by atoms with E-state index in [1.165, 1.54) is 24.5 Å². The van der Waals surface area contributed by atoms with Gasteiger partial charge in [-0.05, 0) is 18.2 Å². The molecule has 0 aliphatic carbocycles. The minimum atomic E-state index is -0.646. The Hall–Kier alpha value is -2.52. The van der Waals surface area contributed by atoms with Crippen molar-refractivity contribution in [3.05, 3.63) is 52.8 Å². The second-order valence-corrected chi connectivity index (χ2v) is 3.87. The van der Waals surface area contributed by atoms with Gasteiger partial charge in [-0.1, -0.05) is 11.6 Å². The molecule has 1 heterocycles. The molecule has 2 rings (SSSR count). The molecule has 0 saturated carbocycles. The smallest absolute Gasteiger partial charge is 0.275 e. The summed E-state index contributed by atoms with van der Waals surface area (Å²) in [4.78, 5) is 19.3. The number of nitrogens with one attached hydrogen (secondary N) is 1. The second kappa shape index (κ2) is 5.42. The highest BCUT2D eigenvalue weighted by Crippen LogP contribution is 2.14. The Labute approximate surface area is 112 Å². The lowest BCUT2D eigenvalue weighted by atomic mass is 10.2. The Kier molecular flexibility index (Phi) is 3.68. The van der Waals surface area contributed by atoms with Crippen molar-refractivity contribution in [1.82, 2.24) is 9.97 Å². The lowest BCUT2D eigenvalue weighted by Crippen LogP contribution is -2.14. The predicted octanol–water partition coefficient (Wildman–Crippen LogP) is 2.39. The highest BCUT2D eigenvalue weighted by atomic mass is 35.5. The first kappa shape index (κ1) is 12.9. The van der Waals surface area contributed by atoms with Gasteiger partial charge >= 0.3 is 0 Å². The molecule has 0 radical (unpaired) electrons. The van der Waals surface area contributed by atoms with Crippen molar-refractivity contribution >= 4 is 23.2 Å². The number of amides is 1. The van der Waals surface area contributed by atoms with E-state index >= 15 is 0 Å². The van der Waals surface area contributed by atoms with Crippen LogP contribution < -0.4 is 5.32 Å². The third kappa shape index (κ3) is 3.03. The third-order valence-corrected chi connectivity index (χ3v) is 2.39. The average molecular weight is 277 g/mol. The van der Waals surface area contributed by atoms with Crippen molar-refractivity contribution in [3.8, 4) is 6.07 Å². The average Bonchev–Trinajstić information content (AvgIpc) is 2.41. The third-order valence-electron chi connectivity index (χ3n) is 2.20. The summed E-state index contributed by atoms with van der Waals surface area (Å²) in [6.45, 7) is 0. The molecular formula is C12H6ClFN4O. The van der Waals surface area contributed by atoms with E-state index in [2.05, 4.69) is 15.3 Å². The van der Waals surface area contributed by atoms with Gasteiger partial charge in [0.2, 0.25) is 0 Å². The Bertz CT molecular complexity index is 666. The van der Waals surface area contributed by atoms with Gasteiger partial charge in [-0.2, -0.15) is 5.26 Å². The van der Waals surface area contributed by atoms with Crippen LogP contribution in [0.4, 0.5) is 10.1 Å². The standard InChI is InChI=1S/C12H6ClFN4O/c13-11-6-16-10(5-17-11)12(19)18-8-1-2-9(14)7(3-8)4-15/h1-3,5-6H,(H,18,19). The van der Waals surface area contributed by atoms with Crippen molar-refractivity contribution in [2.45, 2.75) is 0 Å². The second-order valence-electron chi connectivity index (χ2n) is 3.48. The van der Waals surface area contributed by atoms with Crippen LogP contribution in [0.5, 0.6) is 0 Å². The lowest BCUT2D eigenvalue weighted by Gasteiger charge is -2.05. The number of halogens is 2. The van der Waals surface area contributed by atoms with Crippen molar-refractivity contribution in [3.63, 3.8) is 0 Å². The molecule has 0 bridgehead atoms. The summed E-state index contributed by atoms with van der Waals surface area (Å²) in [6.07, 6.45) is 2.45. The first-order chi connectivity index (χ1) is 9.10. The van der Waals surface area contributed by atoms with Crippen LogP contribution in [0.3, 0.4) is 0 Å². The molecule has 1 amide bonds. The fourth-order valence-corrected chi connectivity index (χ4v) is 1.41. The van der Waals surface area contributed by atoms with E-state index in [1.807, 2.05) is 0 Å². The minimum absolute atomic E-state index is 0.0623. The van der Waals surface area contributed by atoms with Crippen molar-refractivity contribution in [2.75, 3.05) is 5.32 Å². The van der Waals surface area contributed by atoms with E-state index in [1.54, 1.807) is 6.07 Å². The number of nitriles is 1. The van der Waals surface area contributed by atoms with Crippen LogP contribution in [-0.2, 0) is 0 Å². The quantitative estimate of drug-likeness (QED) is 0.913. The van der Waals surface area contributed by atoms with Crippen LogP contribution in [0.25, 0.3) is 0 Å². The van der Waals surface area contributed by atoms with Crippen LogP contribution in [0.15, 0.2) is 30.6 Å². The van der Waals surface area contributed by atoms with E-state index < -0.39 is 11.7 Å². The largest absolute Gasteiger partial charge is 0.321 e. The molecule has 94 valence electrons. The van der Waals surface area contributed by atoms with Gasteiger partial charge in [0.1, 0.15) is 22.7 Å². The SMILES string of the molecule is N#Cc1cc(NC(=O)c2cnc(Cl)cn2)ccc1F. The summed E-state index contributed by atoms with van der Waals surface area (Å²) >= 11 is 5.55. The maximum atomic E-state index is 13.1. The number of rotatable bonds is 2. The molecule has 0 aliphatic heterocycles. The summed E-state index contributed by atoms with van der Waals surface area (Å²) < 4.78 is 13.1. The van der Waals surface area contributed by atoms with E-state index in [-0.39, 0.29) is 16.4 Å². The van der Waals surface area contributed by atoms with Crippen LogP contribution in [-0.4, -0.2) is 15.9 Å². The molecule has 0 aliphatic rings. The number of nitrogens with zero attached hydrogens (tertiary/aromatic N) is 3. The molecule has 7 heteroatoms. The topological polar surface area (TPSA) is 78.7 Å². The number of hydrogen-bond acceptors (Lipinski definition) is 4. The molecule has 5 nitrogen and oxygen atoms in total. The number of carbonyl (C=O) groups is 1. The Morgan fingerprint density at radius 3 is 2.79 bits per heavy atom. The monoisotopic (exact) mass is 276 g/mol. The Morgan fingerprint density at radius 1 is 1.37 bits per heavy atom. The molecular weight excluding hydrogens is 271 g/mol. The molecule has 1 aromatic carbocycles. The molecule has 0 unspecified atom stereocenters. The molecule has 1 aromatic heterocycles. The molecule has 0 atom stereocenters. The zero-order valence-corrected chi connectivity index (χ0v) is 10.1. The minimum Gasteiger partial charge on any atom is -0.321 e. The first-order valence-electron chi connectivity index (χ1n) is 5.08. The van der Waals surface area contributed by atoms with Crippen LogP contribution in [0.2, 0.25) is 5.15 Å². The van der Waals surface area contributed by atoms with Gasteiger partial charge in [0.25, 0.3) is 5.91 Å². The summed E-state index contributed by atoms with van der Waals surface area (Å²) in [5.41, 5.74) is 0.201. The lowest BCUT2D eigenvalue weighted by molar-refractivity contribution is 0.102. The van der Waals surface area contributed by atoms with Gasteiger partial charge in [0.05, 0.1) is 18.0 Å². The molecule has 1 N–H and O–H groups in total. The van der Waals surface area contributed by atoms with Gasteiger partial charge in [-0.15, -0.1) is 0 Å². The molecule has 0 fully saturated rings. The number of hydrogen-bond donors (Lipinski definition) is 1. The van der Waals surface area contributed by atoms with Gasteiger partial charge in [-0.25, -0.2) is 14.4 Å². The molecule has 0 saturated heterocycles. The summed E-state index contributed by atoms with van der Waals surface area (Å²) in [7, 11) is 0. The molecule has 0 spiro atoms. The summed E-state index contributed by atoms with van der Waals surface area (Å²) in [5.74, 6) is -1.17. The normalized spacial score (nSPS) is 9.74. The highest BCUT2D eigenvalue weighted by molar-refractivity contribution is 6.29. The van der Waals surface area contributed by atoms with Crippen molar-refractivity contribution in [1.29, 1.82) is 5.26 Å². The van der Waals surface area contributed by atoms with E-state index in [9.17, 15) is 9.18 Å². The summed E-state index contributed by atoms with van der Waals surface area (Å²) in [5, 5.41) is 11.3. The number of benzene rings is 1. The molecule has 19 heavy (non-hydrogen) atoms. The van der Waals surface area contributed by atoms with Gasteiger partial charge < -0.3 is 5.32 Å². The zero-order chi connectivity index (χ0) is 13.8. The zero-order valence-electron chi connectivity index (χ0n) is 9.39. The van der Waals surface area contributed by atoms with E-state index in [4.69, 9.17) is 16.9 Å². The molecule has 2 aromatic rings. The van der Waals surface area contributed by atoms with Gasteiger partial charge in [0, 0.05) is 5.69 Å². The fourth-order valence-electron chi connectivity index (χ4n) is 1.31. The maximum Gasteiger partial charge on any atom is 0.275 e. The van der Waals surface area contributed by atoms with Crippen LogP contribution in [0.1, 0.15) is 16.1 Å². The van der Waals surface area contributed by atoms with E-state index in [0.29, 0.717) is 5.69 Å². The highest BCUT2D eigenvalue weighted by Gasteiger charge is 2.10. The maximum absolute atomic E-state index is 13.1. The first-order valence-corrected chi connectivity index (χ1v) is 5.46. The van der Waals surface area contributed by atoms with E-state index in [0.717, 1.165) is 6.07 Å². The fraction of sp³-hybridized carbons (Fsp3) is 0. The van der Waals surface area contributed by atoms with Crippen LogP contribution >= 0.6 is 11.6 Å². The van der Waals surface area contributed by atoms with Gasteiger partial charge in [0.15, 0.2) is 0 Å². The van der Waals surface area contributed by atoms with Crippen LogP contribution in [0, 0.1) is 17.1 Å². The predicted molar refractivity (Wildman–Crippen MR) is 66.1 cm³/mol.